The van der Waals surface area contributed by atoms with Gasteiger partial charge in [-0.15, -0.1) is 0 Å². The standard InChI is InChI=1S/C27H19NO2/c1-17-28-25(19-10-3-2-4-11-19)27(29-17)24-21-13-7-8-14-23(21)30-26-20-12-6-5-9-18(20)15-16-22(24)26/h2-16,24H,1H3. The van der Waals surface area contributed by atoms with Crippen LogP contribution in [0, 0.1) is 6.92 Å². The van der Waals surface area contributed by atoms with E-state index < -0.39 is 0 Å². The van der Waals surface area contributed by atoms with Crippen molar-refractivity contribution in [3.8, 4) is 22.8 Å². The number of ether oxygens (including phenoxy) is 1. The van der Waals surface area contributed by atoms with Gasteiger partial charge in [-0.25, -0.2) is 4.98 Å². The van der Waals surface area contributed by atoms with Crippen LogP contribution < -0.4 is 4.74 Å². The molecule has 1 unspecified atom stereocenters. The SMILES string of the molecule is Cc1nc(-c2ccccc2)c(C2c3ccccc3Oc3c2ccc2ccccc32)o1. The quantitative estimate of drug-likeness (QED) is 0.317. The van der Waals surface area contributed by atoms with E-state index in [2.05, 4.69) is 54.6 Å². The lowest BCUT2D eigenvalue weighted by molar-refractivity contribution is 0.428. The van der Waals surface area contributed by atoms with Crippen molar-refractivity contribution in [2.45, 2.75) is 12.8 Å². The zero-order chi connectivity index (χ0) is 20.1. The Balaban J connectivity index is 1.66. The van der Waals surface area contributed by atoms with Crippen LogP contribution >= 0.6 is 0 Å². The lowest BCUT2D eigenvalue weighted by Gasteiger charge is -2.28. The van der Waals surface area contributed by atoms with Gasteiger partial charge in [0.25, 0.3) is 0 Å². The summed E-state index contributed by atoms with van der Waals surface area (Å²) in [4.78, 5) is 4.76. The summed E-state index contributed by atoms with van der Waals surface area (Å²) in [6.45, 7) is 1.91. The van der Waals surface area contributed by atoms with Gasteiger partial charge in [-0.3, -0.25) is 0 Å². The third-order valence-electron chi connectivity index (χ3n) is 5.73. The van der Waals surface area contributed by atoms with Crippen molar-refractivity contribution in [3.05, 3.63) is 114 Å². The minimum absolute atomic E-state index is 0.0917. The molecule has 2 heterocycles. The lowest BCUT2D eigenvalue weighted by Crippen LogP contribution is -2.12. The van der Waals surface area contributed by atoms with Crippen LogP contribution in [0.5, 0.6) is 11.5 Å². The molecule has 30 heavy (non-hydrogen) atoms. The van der Waals surface area contributed by atoms with Gasteiger partial charge in [-0.2, -0.15) is 0 Å². The third-order valence-corrected chi connectivity index (χ3v) is 5.73. The van der Waals surface area contributed by atoms with Crippen molar-refractivity contribution in [3.63, 3.8) is 0 Å². The van der Waals surface area contributed by atoms with E-state index in [-0.39, 0.29) is 5.92 Å². The number of para-hydroxylation sites is 1. The molecule has 4 aromatic carbocycles. The number of hydrogen-bond donors (Lipinski definition) is 0. The molecule has 0 saturated heterocycles. The van der Waals surface area contributed by atoms with Gasteiger partial charge < -0.3 is 9.15 Å². The maximum Gasteiger partial charge on any atom is 0.191 e. The third kappa shape index (κ3) is 2.56. The normalized spacial score (nSPS) is 14.8. The van der Waals surface area contributed by atoms with Gasteiger partial charge in [-0.1, -0.05) is 84.9 Å². The zero-order valence-corrected chi connectivity index (χ0v) is 16.5. The molecule has 0 bridgehead atoms. The van der Waals surface area contributed by atoms with E-state index >= 15 is 0 Å². The number of hydrogen-bond acceptors (Lipinski definition) is 3. The number of aryl methyl sites for hydroxylation is 1. The monoisotopic (exact) mass is 389 g/mol. The summed E-state index contributed by atoms with van der Waals surface area (Å²) in [5.41, 5.74) is 4.12. The number of nitrogens with zero attached hydrogens (tertiary/aromatic N) is 1. The van der Waals surface area contributed by atoms with Crippen LogP contribution in [0.4, 0.5) is 0 Å². The topological polar surface area (TPSA) is 35.3 Å². The first-order valence-corrected chi connectivity index (χ1v) is 10.1. The van der Waals surface area contributed by atoms with E-state index in [4.69, 9.17) is 14.1 Å². The Morgan fingerprint density at radius 2 is 1.50 bits per heavy atom. The van der Waals surface area contributed by atoms with Crippen molar-refractivity contribution in [1.82, 2.24) is 4.98 Å². The van der Waals surface area contributed by atoms with Crippen LogP contribution in [-0.4, -0.2) is 4.98 Å². The first-order chi connectivity index (χ1) is 14.8. The summed E-state index contributed by atoms with van der Waals surface area (Å²) in [6, 6.07) is 31.1. The molecule has 0 aliphatic carbocycles. The molecule has 3 heteroatoms. The minimum Gasteiger partial charge on any atom is -0.456 e. The number of rotatable bonds is 2. The Morgan fingerprint density at radius 1 is 0.733 bits per heavy atom. The van der Waals surface area contributed by atoms with Crippen molar-refractivity contribution < 1.29 is 9.15 Å². The highest BCUT2D eigenvalue weighted by atomic mass is 16.5. The van der Waals surface area contributed by atoms with Gasteiger partial charge in [0.1, 0.15) is 23.0 Å². The van der Waals surface area contributed by atoms with Crippen molar-refractivity contribution in [1.29, 1.82) is 0 Å². The van der Waals surface area contributed by atoms with Crippen LogP contribution in [0.1, 0.15) is 28.7 Å². The number of benzene rings is 4. The molecule has 0 spiro atoms. The molecule has 6 rings (SSSR count). The number of fused-ring (bicyclic) bond motifs is 4. The summed E-state index contributed by atoms with van der Waals surface area (Å²) in [6.07, 6.45) is 0. The summed E-state index contributed by atoms with van der Waals surface area (Å²) in [5, 5.41) is 2.26. The average Bonchev–Trinajstić information content (AvgIpc) is 3.19. The highest BCUT2D eigenvalue weighted by Gasteiger charge is 2.34. The smallest absolute Gasteiger partial charge is 0.191 e. The molecule has 0 radical (unpaired) electrons. The highest BCUT2D eigenvalue weighted by Crippen LogP contribution is 2.51. The molecule has 3 nitrogen and oxygen atoms in total. The number of aromatic nitrogens is 1. The summed E-state index contributed by atoms with van der Waals surface area (Å²) in [5.74, 6) is 3.18. The van der Waals surface area contributed by atoms with Gasteiger partial charge in [0.15, 0.2) is 5.89 Å². The van der Waals surface area contributed by atoms with E-state index in [1.807, 2.05) is 43.3 Å². The van der Waals surface area contributed by atoms with Gasteiger partial charge in [0.2, 0.25) is 0 Å². The van der Waals surface area contributed by atoms with E-state index in [0.29, 0.717) is 5.89 Å². The molecule has 1 aromatic heterocycles. The molecule has 0 amide bonds. The summed E-state index contributed by atoms with van der Waals surface area (Å²) < 4.78 is 12.7. The average molecular weight is 389 g/mol. The predicted molar refractivity (Wildman–Crippen MR) is 118 cm³/mol. The molecule has 0 N–H and O–H groups in total. The Bertz CT molecular complexity index is 1380. The molecular weight excluding hydrogens is 370 g/mol. The highest BCUT2D eigenvalue weighted by molar-refractivity contribution is 5.91. The molecule has 5 aromatic rings. The zero-order valence-electron chi connectivity index (χ0n) is 16.5. The Morgan fingerprint density at radius 3 is 2.40 bits per heavy atom. The maximum atomic E-state index is 6.43. The second-order valence-electron chi connectivity index (χ2n) is 7.59. The van der Waals surface area contributed by atoms with E-state index in [1.54, 1.807) is 0 Å². The largest absolute Gasteiger partial charge is 0.456 e. The van der Waals surface area contributed by atoms with Crippen molar-refractivity contribution >= 4 is 10.8 Å². The lowest BCUT2D eigenvalue weighted by atomic mass is 9.83. The van der Waals surface area contributed by atoms with Gasteiger partial charge in [-0.05, 0) is 11.5 Å². The Labute approximate surface area is 174 Å². The van der Waals surface area contributed by atoms with Crippen LogP contribution in [-0.2, 0) is 0 Å². The van der Waals surface area contributed by atoms with E-state index in [1.165, 1.54) is 0 Å². The fraction of sp³-hybridized carbons (Fsp3) is 0.0741. The molecule has 0 saturated carbocycles. The molecule has 1 aliphatic rings. The van der Waals surface area contributed by atoms with Gasteiger partial charge in [0.05, 0.1) is 5.92 Å². The first kappa shape index (κ1) is 17.0. The Hall–Kier alpha value is -3.85. The summed E-state index contributed by atoms with van der Waals surface area (Å²) in [7, 11) is 0. The van der Waals surface area contributed by atoms with Crippen molar-refractivity contribution in [2.24, 2.45) is 0 Å². The first-order valence-electron chi connectivity index (χ1n) is 10.1. The second-order valence-corrected chi connectivity index (χ2v) is 7.59. The van der Waals surface area contributed by atoms with Crippen molar-refractivity contribution in [2.75, 3.05) is 0 Å². The summed E-state index contributed by atoms with van der Waals surface area (Å²) >= 11 is 0. The molecule has 144 valence electrons. The van der Waals surface area contributed by atoms with Gasteiger partial charge >= 0.3 is 0 Å². The molecular formula is C27H19NO2. The second kappa shape index (κ2) is 6.60. The van der Waals surface area contributed by atoms with E-state index in [9.17, 15) is 0 Å². The molecule has 1 aliphatic heterocycles. The fourth-order valence-corrected chi connectivity index (χ4v) is 4.41. The van der Waals surface area contributed by atoms with Crippen LogP contribution in [0.2, 0.25) is 0 Å². The fourth-order valence-electron chi connectivity index (χ4n) is 4.41. The number of oxazole rings is 1. The van der Waals surface area contributed by atoms with Crippen LogP contribution in [0.15, 0.2) is 95.4 Å². The van der Waals surface area contributed by atoms with Crippen LogP contribution in [0.3, 0.4) is 0 Å². The Kier molecular flexibility index (Phi) is 3.75. The molecule has 1 atom stereocenters. The van der Waals surface area contributed by atoms with Crippen LogP contribution in [0.25, 0.3) is 22.0 Å². The van der Waals surface area contributed by atoms with Gasteiger partial charge in [0, 0.05) is 29.0 Å². The minimum atomic E-state index is -0.0917. The predicted octanol–water partition coefficient (Wildman–Crippen LogP) is 7.09. The maximum absolute atomic E-state index is 6.43. The van der Waals surface area contributed by atoms with E-state index in [0.717, 1.165) is 50.4 Å². The molecule has 0 fully saturated rings.